The molecular formula is C40H48IN9O4. The van der Waals surface area contributed by atoms with Crippen LogP contribution in [0.4, 0.5) is 4.79 Å². The average molecular weight is 846 g/mol. The summed E-state index contributed by atoms with van der Waals surface area (Å²) in [6, 6.07) is 15.7. The second-order valence-corrected chi connectivity index (χ2v) is 20.5. The van der Waals surface area contributed by atoms with E-state index in [1.54, 1.807) is 11.1 Å². The van der Waals surface area contributed by atoms with Crippen molar-refractivity contribution in [3.63, 3.8) is 0 Å². The van der Waals surface area contributed by atoms with Gasteiger partial charge in [-0.2, -0.15) is 0 Å². The summed E-state index contributed by atoms with van der Waals surface area (Å²) >= 11 is -1.47. The van der Waals surface area contributed by atoms with E-state index in [2.05, 4.69) is 66.5 Å². The number of aromatic amines is 2. The number of carbonyl (C=O) groups is 3. The minimum atomic E-state index is -1.47. The van der Waals surface area contributed by atoms with Gasteiger partial charge in [0.1, 0.15) is 11.9 Å². The molecule has 0 bridgehead atoms. The molecule has 0 spiro atoms. The van der Waals surface area contributed by atoms with Gasteiger partial charge in [-0.05, 0) is 30.9 Å². The van der Waals surface area contributed by atoms with Crippen LogP contribution in [0.3, 0.4) is 0 Å². The van der Waals surface area contributed by atoms with Crippen molar-refractivity contribution in [1.82, 2.24) is 40.0 Å². The zero-order valence-corrected chi connectivity index (χ0v) is 33.5. The molecule has 2 fully saturated rings. The molecular weight excluding hydrogens is 797 g/mol. The number of ether oxygens (including phenoxy) is 1. The second-order valence-electron chi connectivity index (χ2n) is 14.5. The third-order valence-electron chi connectivity index (χ3n) is 10.5. The van der Waals surface area contributed by atoms with Gasteiger partial charge in [-0.1, -0.05) is 13.8 Å². The molecule has 4 atom stereocenters. The number of hydrogen-bond donors (Lipinski definition) is 4. The summed E-state index contributed by atoms with van der Waals surface area (Å²) in [5.74, 6) is 1.34. The van der Waals surface area contributed by atoms with Gasteiger partial charge in [-0.15, -0.1) is 0 Å². The minimum absolute atomic E-state index is 0.0561. The Morgan fingerprint density at radius 1 is 0.796 bits per heavy atom. The van der Waals surface area contributed by atoms with Crippen LogP contribution in [0.15, 0.2) is 67.1 Å². The molecule has 2 saturated heterocycles. The van der Waals surface area contributed by atoms with Gasteiger partial charge in [0.15, 0.2) is 0 Å². The molecule has 2 aliphatic heterocycles. The van der Waals surface area contributed by atoms with Gasteiger partial charge in [0.05, 0.1) is 30.7 Å². The molecule has 0 radical (unpaired) electrons. The van der Waals surface area contributed by atoms with E-state index < -0.39 is 32.0 Å². The summed E-state index contributed by atoms with van der Waals surface area (Å²) in [4.78, 5) is 67.6. The number of pyridine rings is 1. The molecule has 3 amide bonds. The zero-order chi connectivity index (χ0) is 38.1. The first-order valence-corrected chi connectivity index (χ1v) is 23.9. The second kappa shape index (κ2) is 15.9. The van der Waals surface area contributed by atoms with Crippen LogP contribution < -0.4 is 11.1 Å². The Labute approximate surface area is 322 Å². The number of alkyl halides is 3. The Balaban J connectivity index is 1.03. The molecule has 54 heavy (non-hydrogen) atoms. The van der Waals surface area contributed by atoms with E-state index in [4.69, 9.17) is 20.4 Å². The van der Waals surface area contributed by atoms with Crippen molar-refractivity contribution in [2.75, 3.05) is 30.1 Å². The quantitative estimate of drug-likeness (QED) is 0.0706. The number of fused-ring (bicyclic) bond motifs is 1. The molecule has 284 valence electrons. The van der Waals surface area contributed by atoms with Crippen molar-refractivity contribution in [2.24, 2.45) is 11.7 Å². The number of alkyl carbamates (subject to hydrolysis) is 1. The van der Waals surface area contributed by atoms with E-state index in [0.717, 1.165) is 82.6 Å². The maximum absolute atomic E-state index is 13.5. The number of H-pyrrole nitrogens is 2. The fourth-order valence-corrected chi connectivity index (χ4v) is 8.88. The first-order valence-electron chi connectivity index (χ1n) is 18.3. The van der Waals surface area contributed by atoms with Gasteiger partial charge in [-0.25, -0.2) is 9.78 Å². The monoisotopic (exact) mass is 845 g/mol. The summed E-state index contributed by atoms with van der Waals surface area (Å²) in [6.45, 7) is 5.12. The zero-order valence-electron chi connectivity index (χ0n) is 31.3. The molecule has 0 saturated carbocycles. The number of likely N-dealkylation sites (tertiary alicyclic amines) is 2. The smallest absolute Gasteiger partial charge is 0.340 e. The number of hydrogen-bond acceptors (Lipinski definition) is 8. The number of nitrogens with two attached hydrogens (primary N) is 1. The van der Waals surface area contributed by atoms with Crippen molar-refractivity contribution in [3.8, 4) is 33.8 Å². The molecule has 14 heteroatoms. The summed E-state index contributed by atoms with van der Waals surface area (Å²) < 4.78 is 4.40. The fraction of sp³-hybridized carbons (Fsp3) is 0.400. The summed E-state index contributed by atoms with van der Waals surface area (Å²) in [6.07, 6.45) is 8.30. The van der Waals surface area contributed by atoms with E-state index in [1.807, 2.05) is 43.3 Å². The number of carbonyl (C=O) groups excluding carboxylic acids is 3. The fourth-order valence-electron chi connectivity index (χ4n) is 7.45. The van der Waals surface area contributed by atoms with E-state index in [0.29, 0.717) is 12.4 Å². The number of imidazole rings is 2. The third kappa shape index (κ3) is 7.58. The molecule has 0 aliphatic carbocycles. The molecule has 5 aromatic rings. The number of amides is 3. The van der Waals surface area contributed by atoms with E-state index in [1.165, 1.54) is 7.11 Å². The Hall–Kier alpha value is -4.83. The van der Waals surface area contributed by atoms with E-state index >= 15 is 0 Å². The molecule has 7 rings (SSSR count). The van der Waals surface area contributed by atoms with Crippen LogP contribution in [0.1, 0.15) is 63.3 Å². The molecule has 2 aromatic carbocycles. The SMILES string of the molecule is COC(=O)N[C@H](C(=O)N1CCC[C@H]1c1ncc(-c2ccc(-c3ccc4cc(-c5cnc([C@@H]6CCCN6C(=O)[C@@H](N)I(C)C)[nH]5)ccc4c3)nc2)[nH]1)C(C)C. The van der Waals surface area contributed by atoms with E-state index in [9.17, 15) is 14.4 Å². The Morgan fingerprint density at radius 2 is 1.35 bits per heavy atom. The normalized spacial score (nSPS) is 18.6. The van der Waals surface area contributed by atoms with Gasteiger partial charge >= 0.3 is 167 Å². The minimum Gasteiger partial charge on any atom is -0.340 e. The van der Waals surface area contributed by atoms with Gasteiger partial charge in [-0.3, -0.25) is 9.78 Å². The summed E-state index contributed by atoms with van der Waals surface area (Å²) in [5, 5.41) is 4.89. The summed E-state index contributed by atoms with van der Waals surface area (Å²) in [5.41, 5.74) is 11.8. The standard InChI is InChI=1S/C40H48IN9O4/c1-23(2)34(48-40(53)54-5)38(51)49-16-6-8-32(49)36-45-22-31(47-36)28-14-15-29(43-20-28)26-12-10-25-19-27(13-11-24(25)18-26)30-21-44-37(46-30)33-9-7-17-50(33)39(52)35(42)41(3)4/h10-15,18-23,32-35H,6-9,16-17,42H2,1-5H3,(H,44,46)(H,45,47)(H,48,53)/t32-,33-,34-,35+/m0/s1. The van der Waals surface area contributed by atoms with Crippen LogP contribution in [0.5, 0.6) is 0 Å². The molecule has 2 aliphatic rings. The van der Waals surface area contributed by atoms with Gasteiger partial charge in [0.25, 0.3) is 0 Å². The summed E-state index contributed by atoms with van der Waals surface area (Å²) in [7, 11) is 1.29. The van der Waals surface area contributed by atoms with Crippen LogP contribution in [0.2, 0.25) is 0 Å². The first-order chi connectivity index (χ1) is 26.0. The van der Waals surface area contributed by atoms with Crippen molar-refractivity contribution < 1.29 is 19.1 Å². The van der Waals surface area contributed by atoms with Crippen molar-refractivity contribution in [3.05, 3.63) is 78.8 Å². The van der Waals surface area contributed by atoms with Crippen LogP contribution in [0.25, 0.3) is 44.5 Å². The number of halogens is 1. The van der Waals surface area contributed by atoms with Crippen LogP contribution >= 0.6 is 19.8 Å². The van der Waals surface area contributed by atoms with Gasteiger partial charge in [0, 0.05) is 23.9 Å². The Bertz CT molecular complexity index is 2150. The number of aromatic nitrogens is 5. The predicted octanol–water partition coefficient (Wildman–Crippen LogP) is 6.44. The molecule has 3 aromatic heterocycles. The van der Waals surface area contributed by atoms with Crippen molar-refractivity contribution >= 4 is 48.5 Å². The molecule has 5 N–H and O–H groups in total. The number of benzene rings is 2. The van der Waals surface area contributed by atoms with Crippen LogP contribution in [0, 0.1) is 5.92 Å². The number of rotatable bonds is 10. The Kier molecular flexibility index (Phi) is 11.0. The number of nitrogens with zero attached hydrogens (tertiary/aromatic N) is 5. The Morgan fingerprint density at radius 3 is 1.91 bits per heavy atom. The third-order valence-corrected chi connectivity index (χ3v) is 13.7. The van der Waals surface area contributed by atoms with Gasteiger partial charge < -0.3 is 19.9 Å². The molecule has 0 unspecified atom stereocenters. The van der Waals surface area contributed by atoms with Gasteiger partial charge in [0.2, 0.25) is 5.91 Å². The van der Waals surface area contributed by atoms with Crippen molar-refractivity contribution in [2.45, 2.75) is 61.7 Å². The molecule has 13 nitrogen and oxygen atoms in total. The number of nitrogens with one attached hydrogen (secondary N) is 3. The first kappa shape index (κ1) is 37.5. The number of methoxy groups -OCH3 is 1. The molecule has 5 heterocycles. The topological polar surface area (TPSA) is 175 Å². The van der Waals surface area contributed by atoms with Crippen LogP contribution in [-0.4, -0.2) is 92.8 Å². The van der Waals surface area contributed by atoms with Crippen molar-refractivity contribution in [1.29, 1.82) is 0 Å². The van der Waals surface area contributed by atoms with E-state index in [-0.39, 0.29) is 33.9 Å². The predicted molar refractivity (Wildman–Crippen MR) is 218 cm³/mol. The van der Waals surface area contributed by atoms with Crippen LogP contribution in [-0.2, 0) is 14.3 Å². The maximum atomic E-state index is 13.5. The average Bonchev–Trinajstić information content (AvgIpc) is 4.02.